The Balaban J connectivity index is 1.28. The quantitative estimate of drug-likeness (QED) is 0.392. The summed E-state index contributed by atoms with van der Waals surface area (Å²) in [4.78, 5) is 12.8. The minimum Gasteiger partial charge on any atom is -0.491 e. The predicted octanol–water partition coefficient (Wildman–Crippen LogP) is 7.57. The van der Waals surface area contributed by atoms with Gasteiger partial charge in [0.25, 0.3) is 0 Å². The zero-order chi connectivity index (χ0) is 23.4. The number of halogens is 2. The molecule has 0 amide bonds. The minimum absolute atomic E-state index is 0.0782. The molecule has 1 heterocycles. The maximum Gasteiger partial charge on any atom is 0.313 e. The van der Waals surface area contributed by atoms with Crippen LogP contribution in [0.1, 0.15) is 102 Å². The Labute approximate surface area is 197 Å². The van der Waals surface area contributed by atoms with Crippen LogP contribution in [0.15, 0.2) is 12.1 Å². The molecular formula is C28H40F2O3. The Morgan fingerprint density at radius 2 is 1.48 bits per heavy atom. The third kappa shape index (κ3) is 5.54. The van der Waals surface area contributed by atoms with Crippen LogP contribution in [0.5, 0.6) is 5.75 Å². The van der Waals surface area contributed by atoms with Gasteiger partial charge in [0.1, 0.15) is 6.10 Å². The van der Waals surface area contributed by atoms with Crippen LogP contribution in [0.4, 0.5) is 8.78 Å². The summed E-state index contributed by atoms with van der Waals surface area (Å²) in [5, 5.41) is 0. The van der Waals surface area contributed by atoms with E-state index < -0.39 is 23.5 Å². The van der Waals surface area contributed by atoms with Crippen molar-refractivity contribution in [1.29, 1.82) is 0 Å². The van der Waals surface area contributed by atoms with Crippen molar-refractivity contribution in [3.63, 3.8) is 0 Å². The van der Waals surface area contributed by atoms with E-state index in [1.54, 1.807) is 6.92 Å². The van der Waals surface area contributed by atoms with Gasteiger partial charge in [-0.05, 0) is 88.0 Å². The summed E-state index contributed by atoms with van der Waals surface area (Å²) in [6.07, 6.45) is 14.2. The van der Waals surface area contributed by atoms with Crippen molar-refractivity contribution in [3.8, 4) is 5.75 Å². The monoisotopic (exact) mass is 462 g/mol. The Bertz CT molecular complexity index is 795. The first-order valence-electron chi connectivity index (χ1n) is 13.3. The molecule has 0 bridgehead atoms. The van der Waals surface area contributed by atoms with Crippen molar-refractivity contribution in [2.24, 2.45) is 23.7 Å². The summed E-state index contributed by atoms with van der Waals surface area (Å²) in [6, 6.07) is 2.88. The van der Waals surface area contributed by atoms with Crippen molar-refractivity contribution in [1.82, 2.24) is 0 Å². The van der Waals surface area contributed by atoms with Crippen LogP contribution in [0, 0.1) is 35.3 Å². The molecule has 0 aromatic heterocycles. The van der Waals surface area contributed by atoms with Gasteiger partial charge in [0.15, 0.2) is 11.6 Å². The first kappa shape index (κ1) is 24.5. The number of ether oxygens (including phenoxy) is 2. The fourth-order valence-corrected chi connectivity index (χ4v) is 6.78. The second-order valence-corrected chi connectivity index (χ2v) is 10.6. The largest absolute Gasteiger partial charge is 0.491 e. The normalized spacial score (nSPS) is 32.9. The number of esters is 1. The van der Waals surface area contributed by atoms with Gasteiger partial charge in [0.05, 0.1) is 12.5 Å². The minimum atomic E-state index is -1.02. The van der Waals surface area contributed by atoms with E-state index >= 15 is 0 Å². The van der Waals surface area contributed by atoms with Gasteiger partial charge in [-0.25, -0.2) is 4.39 Å². The molecule has 33 heavy (non-hydrogen) atoms. The van der Waals surface area contributed by atoms with Crippen molar-refractivity contribution >= 4 is 5.97 Å². The SMILES string of the molecule is CCC[C@H]1CC[C@H](C2CCC(C3CCC(c4ccc(OCC)c(F)c4F)C(=O)O3)CC2)CC1. The van der Waals surface area contributed by atoms with Crippen LogP contribution < -0.4 is 4.74 Å². The lowest BCUT2D eigenvalue weighted by molar-refractivity contribution is -0.161. The highest BCUT2D eigenvalue weighted by Crippen LogP contribution is 2.45. The lowest BCUT2D eigenvalue weighted by Gasteiger charge is -2.41. The van der Waals surface area contributed by atoms with E-state index in [1.165, 1.54) is 63.5 Å². The number of carbonyl (C=O) groups is 1. The zero-order valence-electron chi connectivity index (χ0n) is 20.3. The molecule has 1 aromatic rings. The van der Waals surface area contributed by atoms with E-state index in [-0.39, 0.29) is 24.0 Å². The first-order valence-corrected chi connectivity index (χ1v) is 13.3. The maximum atomic E-state index is 14.6. The number of carbonyl (C=O) groups excluding carboxylic acids is 1. The third-order valence-corrected chi connectivity index (χ3v) is 8.64. The van der Waals surface area contributed by atoms with Crippen molar-refractivity contribution < 1.29 is 23.0 Å². The molecule has 2 unspecified atom stereocenters. The number of rotatable bonds is 7. The van der Waals surface area contributed by atoms with E-state index in [4.69, 9.17) is 9.47 Å². The predicted molar refractivity (Wildman–Crippen MR) is 125 cm³/mol. The molecule has 2 saturated carbocycles. The fourth-order valence-electron chi connectivity index (χ4n) is 6.78. The second-order valence-electron chi connectivity index (χ2n) is 10.6. The highest BCUT2D eigenvalue weighted by Gasteiger charge is 2.39. The van der Waals surface area contributed by atoms with E-state index in [9.17, 15) is 13.6 Å². The van der Waals surface area contributed by atoms with Crippen LogP contribution in [-0.4, -0.2) is 18.7 Å². The van der Waals surface area contributed by atoms with Gasteiger partial charge in [-0.2, -0.15) is 4.39 Å². The highest BCUT2D eigenvalue weighted by atomic mass is 19.2. The molecule has 3 aliphatic rings. The van der Waals surface area contributed by atoms with Gasteiger partial charge in [0.2, 0.25) is 5.82 Å². The topological polar surface area (TPSA) is 35.5 Å². The maximum absolute atomic E-state index is 14.6. The molecule has 0 N–H and O–H groups in total. The van der Waals surface area contributed by atoms with Crippen molar-refractivity contribution in [2.45, 2.75) is 103 Å². The highest BCUT2D eigenvalue weighted by molar-refractivity contribution is 5.79. The van der Waals surface area contributed by atoms with Gasteiger partial charge >= 0.3 is 5.97 Å². The number of benzene rings is 1. The summed E-state index contributed by atoms with van der Waals surface area (Å²) < 4.78 is 39.9. The van der Waals surface area contributed by atoms with Crippen LogP contribution in [0.2, 0.25) is 0 Å². The second kappa shape index (κ2) is 11.2. The molecule has 0 radical (unpaired) electrons. The number of cyclic esters (lactones) is 1. The summed E-state index contributed by atoms with van der Waals surface area (Å²) in [6.45, 7) is 4.27. The van der Waals surface area contributed by atoms with Crippen LogP contribution >= 0.6 is 0 Å². The van der Waals surface area contributed by atoms with E-state index in [0.717, 1.165) is 37.0 Å². The van der Waals surface area contributed by atoms with Crippen LogP contribution in [-0.2, 0) is 9.53 Å². The molecule has 3 fully saturated rings. The Kier molecular flexibility index (Phi) is 8.29. The Morgan fingerprint density at radius 1 is 0.848 bits per heavy atom. The Morgan fingerprint density at radius 3 is 2.09 bits per heavy atom. The lowest BCUT2D eigenvalue weighted by Crippen LogP contribution is -2.37. The summed E-state index contributed by atoms with van der Waals surface area (Å²) in [7, 11) is 0. The van der Waals surface area contributed by atoms with Crippen LogP contribution in [0.25, 0.3) is 0 Å². The molecule has 2 aliphatic carbocycles. The molecular weight excluding hydrogens is 422 g/mol. The van der Waals surface area contributed by atoms with Crippen molar-refractivity contribution in [2.75, 3.05) is 6.61 Å². The molecule has 5 heteroatoms. The molecule has 3 nitrogen and oxygen atoms in total. The average Bonchev–Trinajstić information content (AvgIpc) is 2.83. The molecule has 1 aromatic carbocycles. The van der Waals surface area contributed by atoms with Crippen LogP contribution in [0.3, 0.4) is 0 Å². The summed E-state index contributed by atoms with van der Waals surface area (Å²) in [5.41, 5.74) is 0.0850. The van der Waals surface area contributed by atoms with Crippen molar-refractivity contribution in [3.05, 3.63) is 29.3 Å². The van der Waals surface area contributed by atoms with Gasteiger partial charge in [-0.15, -0.1) is 0 Å². The first-order chi connectivity index (χ1) is 16.0. The van der Waals surface area contributed by atoms with Gasteiger partial charge < -0.3 is 9.47 Å². The standard InChI is InChI=1S/C28H40F2O3/c1-3-5-18-6-8-19(9-7-18)20-10-12-21(13-11-20)24-16-15-23(28(31)33-24)22-14-17-25(32-4-2)27(30)26(22)29/h14,17-21,23-24H,3-13,15-16H2,1-2H3/t18-,19-,20?,21?,23?,24?. The molecule has 184 valence electrons. The molecule has 2 atom stereocenters. The van der Waals surface area contributed by atoms with Gasteiger partial charge in [-0.1, -0.05) is 38.7 Å². The van der Waals surface area contributed by atoms with E-state index in [0.29, 0.717) is 12.3 Å². The fraction of sp³-hybridized carbons (Fsp3) is 0.750. The number of hydrogen-bond acceptors (Lipinski definition) is 3. The third-order valence-electron chi connectivity index (χ3n) is 8.64. The molecule has 1 saturated heterocycles. The molecule has 4 rings (SSSR count). The average molecular weight is 463 g/mol. The number of hydrogen-bond donors (Lipinski definition) is 0. The smallest absolute Gasteiger partial charge is 0.313 e. The molecule has 0 spiro atoms. The summed E-state index contributed by atoms with van der Waals surface area (Å²) in [5.74, 6) is -0.202. The van der Waals surface area contributed by atoms with E-state index in [2.05, 4.69) is 6.92 Å². The Hall–Kier alpha value is -1.65. The lowest BCUT2D eigenvalue weighted by atomic mass is 9.67. The van der Waals surface area contributed by atoms with Gasteiger partial charge in [0, 0.05) is 5.56 Å². The van der Waals surface area contributed by atoms with Gasteiger partial charge in [-0.3, -0.25) is 4.79 Å². The van der Waals surface area contributed by atoms with E-state index in [1.807, 2.05) is 0 Å². The summed E-state index contributed by atoms with van der Waals surface area (Å²) >= 11 is 0. The zero-order valence-corrected chi connectivity index (χ0v) is 20.3. The molecule has 1 aliphatic heterocycles.